The van der Waals surface area contributed by atoms with E-state index in [4.69, 9.17) is 21.8 Å². The van der Waals surface area contributed by atoms with Gasteiger partial charge in [-0.15, -0.1) is 0 Å². The Balaban J connectivity index is 1.30. The highest BCUT2D eigenvalue weighted by Gasteiger charge is 2.24. The second-order valence-corrected chi connectivity index (χ2v) is 13.7. The second kappa shape index (κ2) is 13.0. The van der Waals surface area contributed by atoms with Crippen LogP contribution in [0.15, 0.2) is 200 Å². The second-order valence-electron chi connectivity index (χ2n) is 13.7. The zero-order valence-corrected chi connectivity index (χ0v) is 29.9. The normalized spacial score (nSPS) is 12.8. The fourth-order valence-corrected chi connectivity index (χ4v) is 7.95. The molecule has 0 saturated carbocycles. The smallest absolute Gasteiger partial charge is 0.238 e. The van der Waals surface area contributed by atoms with Gasteiger partial charge >= 0.3 is 0 Å². The average Bonchev–Trinajstić information content (AvgIpc) is 3.84. The molecule has 56 heavy (non-hydrogen) atoms. The van der Waals surface area contributed by atoms with Gasteiger partial charge in [-0.3, -0.25) is 4.57 Å². The van der Waals surface area contributed by atoms with E-state index in [-0.39, 0.29) is 29.7 Å². The third-order valence-electron chi connectivity index (χ3n) is 10.4. The van der Waals surface area contributed by atoms with Crippen LogP contribution in [0.3, 0.4) is 0 Å². The number of hydrogen-bond acceptors (Lipinski definition) is 3. The number of hydrogen-bond donors (Lipinski definition) is 0. The van der Waals surface area contributed by atoms with Gasteiger partial charge in [0.15, 0.2) is 11.6 Å². The van der Waals surface area contributed by atoms with E-state index in [2.05, 4.69) is 51.6 Å². The maximum absolute atomic E-state index is 9.01. The van der Waals surface area contributed by atoms with Crippen molar-refractivity contribution in [3.8, 4) is 56.7 Å². The molecule has 0 aliphatic heterocycles. The van der Waals surface area contributed by atoms with Crippen molar-refractivity contribution in [1.82, 2.24) is 24.1 Å². The molecule has 262 valence electrons. The Morgan fingerprint density at radius 1 is 0.357 bits per heavy atom. The van der Waals surface area contributed by atoms with Crippen LogP contribution in [0.4, 0.5) is 0 Å². The summed E-state index contributed by atoms with van der Waals surface area (Å²) in [6.07, 6.45) is 0. The van der Waals surface area contributed by atoms with Gasteiger partial charge in [-0.05, 0) is 52.6 Å². The van der Waals surface area contributed by atoms with E-state index >= 15 is 0 Å². The quantitative estimate of drug-likeness (QED) is 0.172. The Morgan fingerprint density at radius 2 is 0.821 bits per heavy atom. The number of benzene rings is 8. The van der Waals surface area contributed by atoms with Crippen molar-refractivity contribution in [2.45, 2.75) is 0 Å². The summed E-state index contributed by atoms with van der Waals surface area (Å²) in [5, 5.41) is 4.05. The van der Waals surface area contributed by atoms with Crippen LogP contribution in [0.25, 0.3) is 100 Å². The molecule has 0 N–H and O–H groups in total. The van der Waals surface area contributed by atoms with E-state index in [1.165, 1.54) is 0 Å². The standard InChI is InChI=1S/C51H33N5/c1-5-17-34(18-6-1)38-31-39(35-19-7-2-8-20-35)33-40(32-38)55-45-27-15-13-25-41(45)43-29-30-44-42-26-14-16-28-46(42)56(48(44)47(43)55)51-53-49(36-21-9-3-10-22-36)52-50(54-51)37-23-11-4-12-24-37/h1-33H/i1D,5D,6D,17D,18D. The lowest BCUT2D eigenvalue weighted by atomic mass is 9.98. The first-order chi connectivity index (χ1) is 29.9. The lowest BCUT2D eigenvalue weighted by Crippen LogP contribution is -2.07. The Hall–Kier alpha value is -7.63. The van der Waals surface area contributed by atoms with Gasteiger partial charge < -0.3 is 4.57 Å². The van der Waals surface area contributed by atoms with Crippen LogP contribution in [0.1, 0.15) is 6.85 Å². The summed E-state index contributed by atoms with van der Waals surface area (Å²) < 4.78 is 47.8. The maximum Gasteiger partial charge on any atom is 0.238 e. The maximum atomic E-state index is 9.01. The van der Waals surface area contributed by atoms with Gasteiger partial charge in [-0.2, -0.15) is 9.97 Å². The van der Waals surface area contributed by atoms with Gasteiger partial charge in [-0.25, -0.2) is 4.98 Å². The lowest BCUT2D eigenvalue weighted by molar-refractivity contribution is 0.953. The van der Waals surface area contributed by atoms with Crippen LogP contribution in [-0.4, -0.2) is 24.1 Å². The van der Waals surface area contributed by atoms with Crippen molar-refractivity contribution in [2.24, 2.45) is 0 Å². The Bertz CT molecular complexity index is 3440. The van der Waals surface area contributed by atoms with Gasteiger partial charge in [0.2, 0.25) is 5.95 Å². The molecule has 0 radical (unpaired) electrons. The fourth-order valence-electron chi connectivity index (χ4n) is 7.95. The lowest BCUT2D eigenvalue weighted by Gasteiger charge is -2.15. The minimum atomic E-state index is -0.431. The van der Waals surface area contributed by atoms with Gasteiger partial charge in [0.1, 0.15) is 0 Å². The zero-order valence-electron chi connectivity index (χ0n) is 34.9. The molecule has 0 bridgehead atoms. The van der Waals surface area contributed by atoms with Crippen molar-refractivity contribution in [2.75, 3.05) is 0 Å². The Labute approximate surface area is 330 Å². The minimum Gasteiger partial charge on any atom is -0.307 e. The molecule has 0 aliphatic rings. The first-order valence-corrected chi connectivity index (χ1v) is 18.5. The monoisotopic (exact) mass is 720 g/mol. The minimum absolute atomic E-state index is 0.136. The molecular weight excluding hydrogens is 683 g/mol. The first-order valence-electron chi connectivity index (χ1n) is 21.0. The molecule has 5 heteroatoms. The predicted molar refractivity (Wildman–Crippen MR) is 230 cm³/mol. The molecule has 0 aliphatic carbocycles. The number of nitrogens with zero attached hydrogens (tertiary/aromatic N) is 5. The van der Waals surface area contributed by atoms with Crippen LogP contribution < -0.4 is 0 Å². The summed E-state index contributed by atoms with van der Waals surface area (Å²) in [5.74, 6) is 1.55. The Morgan fingerprint density at radius 3 is 1.39 bits per heavy atom. The molecule has 0 unspecified atom stereocenters. The van der Waals surface area contributed by atoms with E-state index < -0.39 is 6.04 Å². The highest BCUT2D eigenvalue weighted by Crippen LogP contribution is 2.42. The van der Waals surface area contributed by atoms with Gasteiger partial charge in [0, 0.05) is 38.4 Å². The zero-order chi connectivity index (χ0) is 41.4. The number of para-hydroxylation sites is 2. The molecule has 0 amide bonds. The van der Waals surface area contributed by atoms with E-state index in [1.54, 1.807) is 0 Å². The van der Waals surface area contributed by atoms with Crippen LogP contribution in [0.2, 0.25) is 0 Å². The molecular formula is C51H33N5. The van der Waals surface area contributed by atoms with Crippen molar-refractivity contribution in [1.29, 1.82) is 0 Å². The van der Waals surface area contributed by atoms with E-state index in [9.17, 15) is 0 Å². The molecule has 8 aromatic carbocycles. The van der Waals surface area contributed by atoms with Crippen molar-refractivity contribution >= 4 is 43.6 Å². The largest absolute Gasteiger partial charge is 0.307 e. The third kappa shape index (κ3) is 5.21. The number of aromatic nitrogens is 5. The molecule has 0 spiro atoms. The molecule has 5 nitrogen and oxygen atoms in total. The molecule has 0 saturated heterocycles. The summed E-state index contributed by atoms with van der Waals surface area (Å²) in [6, 6.07) is 54.9. The Kier molecular flexibility index (Phi) is 6.29. The fraction of sp³-hybridized carbons (Fsp3) is 0. The van der Waals surface area contributed by atoms with E-state index in [0.29, 0.717) is 23.2 Å². The highest BCUT2D eigenvalue weighted by molar-refractivity contribution is 6.23. The summed E-state index contributed by atoms with van der Waals surface area (Å²) in [7, 11) is 0. The van der Waals surface area contributed by atoms with Crippen molar-refractivity contribution in [3.05, 3.63) is 200 Å². The molecule has 11 aromatic rings. The topological polar surface area (TPSA) is 48.5 Å². The van der Waals surface area contributed by atoms with Gasteiger partial charge in [0.05, 0.1) is 28.9 Å². The average molecular weight is 721 g/mol. The van der Waals surface area contributed by atoms with Gasteiger partial charge in [0.25, 0.3) is 0 Å². The molecule has 0 atom stereocenters. The molecule has 0 fully saturated rings. The molecule has 3 heterocycles. The predicted octanol–water partition coefficient (Wildman–Crippen LogP) is 12.7. The SMILES string of the molecule is [2H]c1c([2H])c([2H])c(-c2cc(-c3ccccc3)cc(-n3c4ccccc4c4ccc5c6ccccc6n(-c6nc(-c7ccccc7)nc(-c7ccccc7)n6)c5c43)c2)c([2H])c1[2H]. The summed E-state index contributed by atoms with van der Waals surface area (Å²) in [4.78, 5) is 15.5. The third-order valence-corrected chi connectivity index (χ3v) is 10.4. The highest BCUT2D eigenvalue weighted by atomic mass is 15.2. The van der Waals surface area contributed by atoms with Crippen molar-refractivity contribution in [3.63, 3.8) is 0 Å². The number of fused-ring (bicyclic) bond motifs is 7. The van der Waals surface area contributed by atoms with Crippen LogP contribution in [0, 0.1) is 0 Å². The number of rotatable bonds is 6. The van der Waals surface area contributed by atoms with Crippen LogP contribution in [-0.2, 0) is 0 Å². The summed E-state index contributed by atoms with van der Waals surface area (Å²) in [6.45, 7) is 0. The van der Waals surface area contributed by atoms with Crippen molar-refractivity contribution < 1.29 is 6.85 Å². The van der Waals surface area contributed by atoms with E-state index in [1.807, 2.05) is 127 Å². The van der Waals surface area contributed by atoms with Crippen LogP contribution >= 0.6 is 0 Å². The van der Waals surface area contributed by atoms with Gasteiger partial charge in [-0.1, -0.05) is 170 Å². The van der Waals surface area contributed by atoms with E-state index in [0.717, 1.165) is 71.6 Å². The summed E-state index contributed by atoms with van der Waals surface area (Å²) in [5.41, 5.74) is 8.51. The molecule has 3 aromatic heterocycles. The van der Waals surface area contributed by atoms with Crippen LogP contribution in [0.5, 0.6) is 0 Å². The first kappa shape index (κ1) is 27.0. The summed E-state index contributed by atoms with van der Waals surface area (Å²) >= 11 is 0. The molecule has 11 rings (SSSR count).